The van der Waals surface area contributed by atoms with Gasteiger partial charge in [-0.3, -0.25) is 0 Å². The molecule has 0 spiro atoms. The molecule has 0 saturated carbocycles. The van der Waals surface area contributed by atoms with E-state index in [4.69, 9.17) is 4.98 Å². The number of rotatable bonds is 6. The summed E-state index contributed by atoms with van der Waals surface area (Å²) in [6, 6.07) is 10.9. The fourth-order valence-corrected chi connectivity index (χ4v) is 5.29. The van der Waals surface area contributed by atoms with Crippen molar-refractivity contribution in [1.29, 1.82) is 0 Å². The zero-order chi connectivity index (χ0) is 15.4. The van der Waals surface area contributed by atoms with Gasteiger partial charge < -0.3 is 0 Å². The summed E-state index contributed by atoms with van der Waals surface area (Å²) in [5.74, 6) is 0. The van der Waals surface area contributed by atoms with Crippen LogP contribution in [0.4, 0.5) is 0 Å². The minimum Gasteiger partial charge on any atom is -0.246 e. The van der Waals surface area contributed by atoms with Crippen molar-refractivity contribution in [2.75, 3.05) is 8.86 Å². The predicted octanol–water partition coefficient (Wildman–Crippen LogP) is 6.49. The summed E-state index contributed by atoms with van der Waals surface area (Å²) in [7, 11) is 0. The van der Waals surface area contributed by atoms with E-state index in [0.717, 1.165) is 33.1 Å². The van der Waals surface area contributed by atoms with Crippen molar-refractivity contribution in [1.82, 2.24) is 4.98 Å². The van der Waals surface area contributed by atoms with Gasteiger partial charge >= 0.3 is 0 Å². The number of aryl methyl sites for hydroxylation is 2. The van der Waals surface area contributed by atoms with Crippen LogP contribution in [0.5, 0.6) is 0 Å². The van der Waals surface area contributed by atoms with Gasteiger partial charge in [0.15, 0.2) is 0 Å². The normalized spacial score (nSPS) is 11.0. The van der Waals surface area contributed by atoms with Crippen LogP contribution in [-0.2, 0) is 12.8 Å². The van der Waals surface area contributed by atoms with E-state index in [2.05, 4.69) is 86.3 Å². The van der Waals surface area contributed by atoms with Gasteiger partial charge in [0.1, 0.15) is 0 Å². The third kappa shape index (κ3) is 4.10. The second-order valence-electron chi connectivity index (χ2n) is 4.92. The molecule has 0 fully saturated rings. The van der Waals surface area contributed by atoms with Crippen LogP contribution in [0.15, 0.2) is 41.1 Å². The van der Waals surface area contributed by atoms with Gasteiger partial charge in [0, 0.05) is 8.86 Å². The highest BCUT2D eigenvalue weighted by Crippen LogP contribution is 2.31. The van der Waals surface area contributed by atoms with E-state index in [-0.39, 0.29) is 0 Å². The van der Waals surface area contributed by atoms with E-state index >= 15 is 0 Å². The predicted molar refractivity (Wildman–Crippen MR) is 116 cm³/mol. The van der Waals surface area contributed by atoms with E-state index < -0.39 is 0 Å². The summed E-state index contributed by atoms with van der Waals surface area (Å²) >= 11 is 8.45. The quantitative estimate of drug-likeness (QED) is 0.252. The molecule has 0 bridgehead atoms. The van der Waals surface area contributed by atoms with E-state index in [0.29, 0.717) is 0 Å². The van der Waals surface area contributed by atoms with Crippen LogP contribution in [0.3, 0.4) is 0 Å². The molecule has 3 aromatic heterocycles. The lowest BCUT2D eigenvalue weighted by Crippen LogP contribution is -1.85. The molecule has 5 heteroatoms. The van der Waals surface area contributed by atoms with Crippen LogP contribution >= 0.6 is 67.9 Å². The van der Waals surface area contributed by atoms with E-state index in [1.165, 1.54) is 20.9 Å². The fraction of sp³-hybridized carbons (Fsp3) is 0.235. The molecule has 3 aromatic rings. The van der Waals surface area contributed by atoms with Gasteiger partial charge in [-0.05, 0) is 59.0 Å². The molecule has 0 amide bonds. The molecule has 1 nitrogen and oxygen atoms in total. The molecule has 0 N–H and O–H groups in total. The number of alkyl halides is 2. The molecular weight excluding hydrogens is 536 g/mol. The Bertz CT molecular complexity index is 689. The molecule has 0 aromatic carbocycles. The maximum Gasteiger partial charge on any atom is 0.0809 e. The summed E-state index contributed by atoms with van der Waals surface area (Å²) in [6.07, 6.45) is 2.28. The largest absolute Gasteiger partial charge is 0.246 e. The Morgan fingerprint density at radius 1 is 0.818 bits per heavy atom. The summed E-state index contributed by atoms with van der Waals surface area (Å²) in [4.78, 5) is 7.42. The Morgan fingerprint density at radius 2 is 1.32 bits per heavy atom. The molecule has 0 radical (unpaired) electrons. The molecule has 3 rings (SSSR count). The molecule has 22 heavy (non-hydrogen) atoms. The third-order valence-electron chi connectivity index (χ3n) is 3.33. The zero-order valence-electron chi connectivity index (χ0n) is 11.9. The third-order valence-corrected chi connectivity index (χ3v) is 6.41. The lowest BCUT2D eigenvalue weighted by atomic mass is 10.2. The highest BCUT2D eigenvalue weighted by Gasteiger charge is 2.08. The molecule has 0 aliphatic carbocycles. The van der Waals surface area contributed by atoms with Crippen LogP contribution in [0.25, 0.3) is 21.1 Å². The van der Waals surface area contributed by atoms with Crippen LogP contribution in [0, 0.1) is 0 Å². The number of aromatic nitrogens is 1. The Kier molecular flexibility index (Phi) is 6.29. The summed E-state index contributed by atoms with van der Waals surface area (Å²) in [5.41, 5.74) is 5.02. The Balaban J connectivity index is 1.87. The standard InChI is InChI=1S/C17H15I2NS2/c18-6-4-12-8-16(21-10-12)14-2-1-3-15(20-14)17-9-13(5-7-19)11-22-17/h1-3,8-11H,4-7H2. The summed E-state index contributed by atoms with van der Waals surface area (Å²) < 4.78 is 2.33. The van der Waals surface area contributed by atoms with Gasteiger partial charge in [0.2, 0.25) is 0 Å². The van der Waals surface area contributed by atoms with Crippen molar-refractivity contribution < 1.29 is 0 Å². The first-order chi connectivity index (χ1) is 10.8. The number of halogens is 2. The zero-order valence-corrected chi connectivity index (χ0v) is 17.8. The topological polar surface area (TPSA) is 12.9 Å². The van der Waals surface area contributed by atoms with Crippen molar-refractivity contribution >= 4 is 67.9 Å². The minimum absolute atomic E-state index is 1.09. The Morgan fingerprint density at radius 3 is 1.77 bits per heavy atom. The molecule has 0 aliphatic heterocycles. The monoisotopic (exact) mass is 551 g/mol. The first-order valence-electron chi connectivity index (χ1n) is 7.04. The molecule has 0 aliphatic rings. The van der Waals surface area contributed by atoms with Gasteiger partial charge in [-0.1, -0.05) is 51.2 Å². The first-order valence-corrected chi connectivity index (χ1v) is 11.9. The Hall–Kier alpha value is 0.01000. The van der Waals surface area contributed by atoms with Gasteiger partial charge in [-0.25, -0.2) is 4.98 Å². The fourth-order valence-electron chi connectivity index (χ4n) is 2.21. The van der Waals surface area contributed by atoms with Gasteiger partial charge in [0.05, 0.1) is 21.1 Å². The van der Waals surface area contributed by atoms with Crippen molar-refractivity contribution in [2.45, 2.75) is 12.8 Å². The highest BCUT2D eigenvalue weighted by molar-refractivity contribution is 14.1. The Labute approximate surface area is 166 Å². The minimum atomic E-state index is 1.09. The van der Waals surface area contributed by atoms with E-state index in [1.807, 2.05) is 0 Å². The molecule has 3 heterocycles. The van der Waals surface area contributed by atoms with Gasteiger partial charge in [0.25, 0.3) is 0 Å². The van der Waals surface area contributed by atoms with Crippen LogP contribution in [0.1, 0.15) is 11.1 Å². The van der Waals surface area contributed by atoms with Crippen molar-refractivity contribution in [2.24, 2.45) is 0 Å². The second-order valence-corrected chi connectivity index (χ2v) is 8.90. The number of pyridine rings is 1. The first kappa shape index (κ1) is 16.9. The number of hydrogen-bond acceptors (Lipinski definition) is 3. The van der Waals surface area contributed by atoms with Crippen LogP contribution in [-0.4, -0.2) is 13.8 Å². The van der Waals surface area contributed by atoms with Crippen molar-refractivity contribution in [3.05, 3.63) is 52.2 Å². The number of thiophene rings is 2. The summed E-state index contributed by atoms with van der Waals surface area (Å²) in [5, 5.41) is 4.51. The highest BCUT2D eigenvalue weighted by atomic mass is 127. The van der Waals surface area contributed by atoms with E-state index in [1.54, 1.807) is 22.7 Å². The summed E-state index contributed by atoms with van der Waals surface area (Å²) in [6.45, 7) is 0. The van der Waals surface area contributed by atoms with E-state index in [9.17, 15) is 0 Å². The van der Waals surface area contributed by atoms with Gasteiger partial charge in [-0.2, -0.15) is 0 Å². The lowest BCUT2D eigenvalue weighted by molar-refractivity contribution is 1.20. The molecule has 0 saturated heterocycles. The number of hydrogen-bond donors (Lipinski definition) is 0. The van der Waals surface area contributed by atoms with Crippen LogP contribution < -0.4 is 0 Å². The maximum atomic E-state index is 4.88. The van der Waals surface area contributed by atoms with Crippen LogP contribution in [0.2, 0.25) is 0 Å². The lowest BCUT2D eigenvalue weighted by Gasteiger charge is -2.01. The SMILES string of the molecule is ICCc1csc(-c2cccc(-c3cc(CCI)cs3)n2)c1. The molecule has 0 unspecified atom stereocenters. The molecule has 0 atom stereocenters. The molecular formula is C17H15I2NS2. The average molecular weight is 551 g/mol. The second kappa shape index (κ2) is 8.21. The average Bonchev–Trinajstić information content (AvgIpc) is 3.18. The smallest absolute Gasteiger partial charge is 0.0809 e. The van der Waals surface area contributed by atoms with Crippen molar-refractivity contribution in [3.8, 4) is 21.1 Å². The molecule has 114 valence electrons. The maximum absolute atomic E-state index is 4.88. The van der Waals surface area contributed by atoms with Crippen molar-refractivity contribution in [3.63, 3.8) is 0 Å². The van der Waals surface area contributed by atoms with Gasteiger partial charge in [-0.15, -0.1) is 22.7 Å². The number of nitrogens with zero attached hydrogens (tertiary/aromatic N) is 1.